The molecule has 0 heterocycles. The summed E-state index contributed by atoms with van der Waals surface area (Å²) in [5, 5.41) is 2.97. The molecule has 3 nitrogen and oxygen atoms in total. The molecule has 1 fully saturated rings. The molecule has 20 heavy (non-hydrogen) atoms. The first-order chi connectivity index (χ1) is 9.37. The van der Waals surface area contributed by atoms with E-state index in [4.69, 9.17) is 0 Å². The highest BCUT2D eigenvalue weighted by atomic mass is 32.2. The fraction of sp³-hybridized carbons (Fsp3) is 0.625. The highest BCUT2D eigenvalue weighted by molar-refractivity contribution is 7.92. The summed E-state index contributed by atoms with van der Waals surface area (Å²) in [5.74, 6) is 0.584. The topological polar surface area (TPSA) is 46.2 Å². The molecular formula is C16H25NO2S. The van der Waals surface area contributed by atoms with E-state index in [1.807, 2.05) is 26.1 Å². The summed E-state index contributed by atoms with van der Waals surface area (Å²) in [6, 6.07) is 7.72. The number of rotatable bonds is 4. The Morgan fingerprint density at radius 2 is 1.75 bits per heavy atom. The third kappa shape index (κ3) is 2.77. The van der Waals surface area contributed by atoms with Crippen molar-refractivity contribution in [3.63, 3.8) is 0 Å². The van der Waals surface area contributed by atoms with E-state index in [2.05, 4.69) is 19.2 Å². The summed E-state index contributed by atoms with van der Waals surface area (Å²) in [4.78, 5) is 0.468. The summed E-state index contributed by atoms with van der Waals surface area (Å²) < 4.78 is 25.5. The predicted octanol–water partition coefficient (Wildman–Crippen LogP) is 2.97. The van der Waals surface area contributed by atoms with Crippen LogP contribution in [0.15, 0.2) is 29.2 Å². The van der Waals surface area contributed by atoms with Gasteiger partial charge in [0.15, 0.2) is 9.84 Å². The lowest BCUT2D eigenvalue weighted by Gasteiger charge is -2.20. The van der Waals surface area contributed by atoms with Gasteiger partial charge in [0.25, 0.3) is 0 Å². The largest absolute Gasteiger partial charge is 0.317 e. The van der Waals surface area contributed by atoms with Crippen molar-refractivity contribution in [2.45, 2.75) is 55.7 Å². The molecule has 1 aromatic rings. The van der Waals surface area contributed by atoms with Crippen LogP contribution in [0.4, 0.5) is 0 Å². The van der Waals surface area contributed by atoms with Crippen LogP contribution in [-0.2, 0) is 9.84 Å². The number of benzene rings is 1. The van der Waals surface area contributed by atoms with Crippen LogP contribution in [0.3, 0.4) is 0 Å². The minimum Gasteiger partial charge on any atom is -0.317 e. The van der Waals surface area contributed by atoms with Crippen molar-refractivity contribution in [3.8, 4) is 0 Å². The SMILES string of the molecule is CNC1CCC(S(=O)(=O)c2ccc(C(C)C)cc2)C1C. The number of sulfone groups is 1. The molecule has 112 valence electrons. The molecule has 3 atom stereocenters. The molecule has 3 unspecified atom stereocenters. The van der Waals surface area contributed by atoms with Crippen LogP contribution in [0.1, 0.15) is 45.1 Å². The number of hydrogen-bond acceptors (Lipinski definition) is 3. The van der Waals surface area contributed by atoms with Gasteiger partial charge in [0.1, 0.15) is 0 Å². The normalized spacial score (nSPS) is 27.1. The zero-order valence-corrected chi connectivity index (χ0v) is 13.6. The fourth-order valence-corrected chi connectivity index (χ4v) is 5.26. The van der Waals surface area contributed by atoms with E-state index < -0.39 is 9.84 Å². The van der Waals surface area contributed by atoms with Crippen LogP contribution < -0.4 is 5.32 Å². The third-order valence-electron chi connectivity index (χ3n) is 4.63. The van der Waals surface area contributed by atoms with Gasteiger partial charge in [0, 0.05) is 6.04 Å². The standard InChI is InChI=1S/C16H25NO2S/c1-11(2)13-5-7-14(8-6-13)20(18,19)16-10-9-15(17-4)12(16)3/h5-8,11-12,15-17H,9-10H2,1-4H3. The van der Waals surface area contributed by atoms with E-state index in [9.17, 15) is 8.42 Å². The maximum atomic E-state index is 12.8. The Bertz CT molecular complexity index is 548. The average Bonchev–Trinajstić information content (AvgIpc) is 2.80. The van der Waals surface area contributed by atoms with Gasteiger partial charge >= 0.3 is 0 Å². The van der Waals surface area contributed by atoms with Crippen molar-refractivity contribution in [2.75, 3.05) is 7.05 Å². The maximum Gasteiger partial charge on any atom is 0.181 e. The first kappa shape index (κ1) is 15.5. The van der Waals surface area contributed by atoms with Gasteiger partial charge in [0.05, 0.1) is 10.1 Å². The summed E-state index contributed by atoms with van der Waals surface area (Å²) in [6.45, 7) is 6.26. The van der Waals surface area contributed by atoms with Gasteiger partial charge in [-0.05, 0) is 49.4 Å². The van der Waals surface area contributed by atoms with Crippen molar-refractivity contribution in [1.29, 1.82) is 0 Å². The van der Waals surface area contributed by atoms with Crippen molar-refractivity contribution in [3.05, 3.63) is 29.8 Å². The molecule has 0 aromatic heterocycles. The van der Waals surface area contributed by atoms with Crippen molar-refractivity contribution < 1.29 is 8.42 Å². The third-order valence-corrected chi connectivity index (χ3v) is 7.02. The van der Waals surface area contributed by atoms with Crippen LogP contribution in [0.5, 0.6) is 0 Å². The van der Waals surface area contributed by atoms with Crippen molar-refractivity contribution in [1.82, 2.24) is 5.32 Å². The molecule has 0 spiro atoms. The van der Waals surface area contributed by atoms with Crippen molar-refractivity contribution in [2.24, 2.45) is 5.92 Å². The molecule has 0 amide bonds. The summed E-state index contributed by atoms with van der Waals surface area (Å²) in [5.41, 5.74) is 1.18. The van der Waals surface area contributed by atoms with Crippen LogP contribution in [0.25, 0.3) is 0 Å². The lowest BCUT2D eigenvalue weighted by molar-refractivity contribution is 0.453. The fourth-order valence-electron chi connectivity index (χ4n) is 3.19. The van der Waals surface area contributed by atoms with Crippen molar-refractivity contribution >= 4 is 9.84 Å². The van der Waals surface area contributed by atoms with E-state index in [-0.39, 0.29) is 11.2 Å². The van der Waals surface area contributed by atoms with E-state index in [0.29, 0.717) is 16.9 Å². The summed E-state index contributed by atoms with van der Waals surface area (Å²) in [7, 11) is -1.30. The smallest absolute Gasteiger partial charge is 0.181 e. The lowest BCUT2D eigenvalue weighted by atomic mass is 10.0. The molecule has 0 radical (unpaired) electrons. The Morgan fingerprint density at radius 3 is 2.20 bits per heavy atom. The van der Waals surface area contributed by atoms with Gasteiger partial charge in [-0.25, -0.2) is 8.42 Å². The van der Waals surface area contributed by atoms with Crippen LogP contribution in [0.2, 0.25) is 0 Å². The zero-order valence-electron chi connectivity index (χ0n) is 12.8. The number of nitrogens with one attached hydrogen (secondary N) is 1. The molecular weight excluding hydrogens is 270 g/mol. The molecule has 1 saturated carbocycles. The highest BCUT2D eigenvalue weighted by Gasteiger charge is 2.40. The average molecular weight is 295 g/mol. The van der Waals surface area contributed by atoms with E-state index in [1.165, 1.54) is 5.56 Å². The van der Waals surface area contributed by atoms with Gasteiger partial charge in [-0.15, -0.1) is 0 Å². The van der Waals surface area contributed by atoms with Gasteiger partial charge in [-0.2, -0.15) is 0 Å². The Kier molecular flexibility index (Phi) is 4.55. The molecule has 0 saturated heterocycles. The minimum atomic E-state index is -3.21. The van der Waals surface area contributed by atoms with Crippen LogP contribution in [-0.4, -0.2) is 26.8 Å². The molecule has 4 heteroatoms. The van der Waals surface area contributed by atoms with Gasteiger partial charge in [-0.1, -0.05) is 32.9 Å². The Morgan fingerprint density at radius 1 is 1.15 bits per heavy atom. The molecule has 1 aliphatic carbocycles. The van der Waals surface area contributed by atoms with Crippen LogP contribution >= 0.6 is 0 Å². The van der Waals surface area contributed by atoms with Gasteiger partial charge < -0.3 is 5.32 Å². The second kappa shape index (κ2) is 5.86. The first-order valence-corrected chi connectivity index (χ1v) is 8.93. The molecule has 0 aliphatic heterocycles. The van der Waals surface area contributed by atoms with Gasteiger partial charge in [0.2, 0.25) is 0 Å². The lowest BCUT2D eigenvalue weighted by Crippen LogP contribution is -2.34. The Balaban J connectivity index is 2.27. The predicted molar refractivity (Wildman–Crippen MR) is 82.8 cm³/mol. The Hall–Kier alpha value is -0.870. The maximum absolute atomic E-state index is 12.8. The quantitative estimate of drug-likeness (QED) is 0.929. The minimum absolute atomic E-state index is 0.162. The van der Waals surface area contributed by atoms with E-state index >= 15 is 0 Å². The molecule has 0 bridgehead atoms. The zero-order chi connectivity index (χ0) is 14.9. The second-order valence-electron chi connectivity index (χ2n) is 6.14. The molecule has 2 rings (SSSR count). The first-order valence-electron chi connectivity index (χ1n) is 7.39. The molecule has 1 aliphatic rings. The molecule has 1 aromatic carbocycles. The highest BCUT2D eigenvalue weighted by Crippen LogP contribution is 2.34. The summed E-state index contributed by atoms with van der Waals surface area (Å²) in [6.07, 6.45) is 1.69. The van der Waals surface area contributed by atoms with Crippen LogP contribution in [0, 0.1) is 5.92 Å². The molecule has 1 N–H and O–H groups in total. The summed E-state index contributed by atoms with van der Waals surface area (Å²) >= 11 is 0. The van der Waals surface area contributed by atoms with E-state index in [1.54, 1.807) is 12.1 Å². The van der Waals surface area contributed by atoms with Gasteiger partial charge in [-0.3, -0.25) is 0 Å². The second-order valence-corrected chi connectivity index (χ2v) is 8.31. The Labute approximate surface area is 122 Å². The monoisotopic (exact) mass is 295 g/mol. The van der Waals surface area contributed by atoms with E-state index in [0.717, 1.165) is 12.8 Å². The number of hydrogen-bond donors (Lipinski definition) is 1.